The maximum absolute atomic E-state index is 13.9. The van der Waals surface area contributed by atoms with Gasteiger partial charge in [0.15, 0.2) is 18.3 Å². The average Bonchev–Trinajstić information content (AvgIpc) is 3.25. The number of ether oxygens (including phenoxy) is 3. The molecule has 38 heavy (non-hydrogen) atoms. The summed E-state index contributed by atoms with van der Waals surface area (Å²) in [4.78, 5) is 25.7. The van der Waals surface area contributed by atoms with Gasteiger partial charge in [-0.1, -0.05) is 23.7 Å². The lowest BCUT2D eigenvalue weighted by molar-refractivity contribution is -0.159. The van der Waals surface area contributed by atoms with E-state index in [1.54, 1.807) is 62.6 Å². The number of hydrogen-bond donors (Lipinski definition) is 1. The second-order valence-electron chi connectivity index (χ2n) is 9.50. The molecule has 1 heterocycles. The highest BCUT2D eigenvalue weighted by Gasteiger charge is 2.39. The van der Waals surface area contributed by atoms with Gasteiger partial charge in [0.1, 0.15) is 5.66 Å². The summed E-state index contributed by atoms with van der Waals surface area (Å²) in [6.07, 6.45) is 3.08. The Hall–Kier alpha value is -2.84. The van der Waals surface area contributed by atoms with Crippen LogP contribution >= 0.6 is 30.3 Å². The molecular formula is C27H31ClNO7PS. The molecule has 3 rings (SSSR count). The van der Waals surface area contributed by atoms with Crippen molar-refractivity contribution >= 4 is 58.3 Å². The van der Waals surface area contributed by atoms with Crippen LogP contribution in [0.4, 0.5) is 0 Å². The van der Waals surface area contributed by atoms with Gasteiger partial charge < -0.3 is 19.5 Å². The molecule has 2 atom stereocenters. The molecule has 1 N–H and O–H groups in total. The van der Waals surface area contributed by atoms with Gasteiger partial charge in [-0.2, -0.15) is 0 Å². The summed E-state index contributed by atoms with van der Waals surface area (Å²) in [5.74, 6) is -0.0328. The van der Waals surface area contributed by atoms with Crippen LogP contribution in [0.25, 0.3) is 16.2 Å². The van der Waals surface area contributed by atoms with E-state index in [4.69, 9.17) is 30.3 Å². The molecule has 1 amide bonds. The largest absolute Gasteiger partial charge is 0.493 e. The van der Waals surface area contributed by atoms with Crippen molar-refractivity contribution in [1.82, 2.24) is 5.32 Å². The summed E-state index contributed by atoms with van der Waals surface area (Å²) in [6.45, 7) is 5.89. The number of methoxy groups -OCH3 is 2. The fraction of sp³-hybridized carbons (Fsp3) is 0.333. The Morgan fingerprint density at radius 3 is 2.55 bits per heavy atom. The number of halogens is 1. The minimum atomic E-state index is -3.72. The van der Waals surface area contributed by atoms with E-state index in [1.165, 1.54) is 38.4 Å². The van der Waals surface area contributed by atoms with Gasteiger partial charge in [0.05, 0.1) is 19.6 Å². The van der Waals surface area contributed by atoms with Crippen molar-refractivity contribution in [2.45, 2.75) is 26.4 Å². The summed E-state index contributed by atoms with van der Waals surface area (Å²) in [5, 5.41) is 5.65. The summed E-state index contributed by atoms with van der Waals surface area (Å²) in [6, 6.07) is 10.7. The third kappa shape index (κ3) is 6.97. The predicted octanol–water partition coefficient (Wildman–Crippen LogP) is 6.87. The van der Waals surface area contributed by atoms with Crippen LogP contribution in [0.15, 0.2) is 48.0 Å². The molecular weight excluding hydrogens is 549 g/mol. The summed E-state index contributed by atoms with van der Waals surface area (Å²) in [5.41, 5.74) is -0.781. The first-order valence-electron chi connectivity index (χ1n) is 11.6. The quantitative estimate of drug-likeness (QED) is 0.159. The Bertz CT molecular complexity index is 1400. The van der Waals surface area contributed by atoms with Crippen LogP contribution < -0.4 is 14.8 Å². The fourth-order valence-corrected chi connectivity index (χ4v) is 6.52. The van der Waals surface area contributed by atoms with Crippen molar-refractivity contribution in [2.75, 3.05) is 27.7 Å². The number of hydrogen-bond acceptors (Lipinski definition) is 8. The summed E-state index contributed by atoms with van der Waals surface area (Å²) >= 11 is 7.62. The number of amides is 1. The third-order valence-electron chi connectivity index (χ3n) is 5.61. The molecule has 3 aromatic rings. The topological polar surface area (TPSA) is 100 Å². The van der Waals surface area contributed by atoms with E-state index in [0.29, 0.717) is 33.0 Å². The Morgan fingerprint density at radius 2 is 1.89 bits per heavy atom. The van der Waals surface area contributed by atoms with E-state index in [1.807, 2.05) is 6.07 Å². The van der Waals surface area contributed by atoms with Crippen LogP contribution in [0.3, 0.4) is 0 Å². The maximum Gasteiger partial charge on any atom is 0.313 e. The monoisotopic (exact) mass is 579 g/mol. The molecule has 2 unspecified atom stereocenters. The Balaban J connectivity index is 1.91. The van der Waals surface area contributed by atoms with Crippen molar-refractivity contribution in [2.24, 2.45) is 5.41 Å². The second-order valence-corrected chi connectivity index (χ2v) is 13.4. The van der Waals surface area contributed by atoms with E-state index in [9.17, 15) is 14.2 Å². The van der Waals surface area contributed by atoms with Crippen molar-refractivity contribution < 1.29 is 32.9 Å². The molecule has 0 fully saturated rings. The molecule has 0 saturated heterocycles. The summed E-state index contributed by atoms with van der Waals surface area (Å²) < 4.78 is 36.2. The molecule has 0 aliphatic carbocycles. The van der Waals surface area contributed by atoms with Crippen LogP contribution in [0.5, 0.6) is 11.5 Å². The van der Waals surface area contributed by atoms with Gasteiger partial charge in [-0.25, -0.2) is 0 Å². The second kappa shape index (κ2) is 12.3. The number of fused-ring (bicyclic) bond motifs is 1. The van der Waals surface area contributed by atoms with Gasteiger partial charge in [0.2, 0.25) is 13.3 Å². The van der Waals surface area contributed by atoms with Crippen molar-refractivity contribution in [3.63, 3.8) is 0 Å². The van der Waals surface area contributed by atoms with Gasteiger partial charge in [-0.05, 0) is 67.4 Å². The van der Waals surface area contributed by atoms with E-state index in [-0.39, 0.29) is 0 Å². The molecule has 8 nitrogen and oxygen atoms in total. The molecule has 0 aliphatic heterocycles. The SMILES string of the molecule is COc1cccc(C=CNC(=O)C(c2csc3ccc(Cl)cc23)P(C)(=O)OCOC(=O)C(C)(C)C)c1OC. The highest BCUT2D eigenvalue weighted by Crippen LogP contribution is 2.59. The van der Waals surface area contributed by atoms with Gasteiger partial charge in [-0.3, -0.25) is 18.7 Å². The molecule has 11 heteroatoms. The van der Waals surface area contributed by atoms with Crippen LogP contribution in [-0.4, -0.2) is 39.6 Å². The predicted molar refractivity (Wildman–Crippen MR) is 151 cm³/mol. The van der Waals surface area contributed by atoms with Gasteiger partial charge in [0, 0.05) is 28.2 Å². The smallest absolute Gasteiger partial charge is 0.313 e. The fourth-order valence-electron chi connectivity index (χ4n) is 3.65. The number of carbonyl (C=O) groups is 2. The molecule has 0 bridgehead atoms. The van der Waals surface area contributed by atoms with E-state index in [0.717, 1.165) is 4.70 Å². The highest BCUT2D eigenvalue weighted by atomic mass is 35.5. The lowest BCUT2D eigenvalue weighted by Gasteiger charge is -2.24. The van der Waals surface area contributed by atoms with Crippen LogP contribution in [0.2, 0.25) is 5.02 Å². The Kier molecular flexibility index (Phi) is 9.65. The number of para-hydroxylation sites is 1. The first-order valence-corrected chi connectivity index (χ1v) is 15.0. The first-order chi connectivity index (χ1) is 17.9. The molecule has 0 saturated carbocycles. The molecule has 2 aromatic carbocycles. The third-order valence-corrected chi connectivity index (χ3v) is 8.90. The van der Waals surface area contributed by atoms with E-state index >= 15 is 0 Å². The average molecular weight is 580 g/mol. The normalized spacial score (nSPS) is 14.2. The zero-order valence-electron chi connectivity index (χ0n) is 22.1. The van der Waals surface area contributed by atoms with E-state index < -0.39 is 37.1 Å². The van der Waals surface area contributed by atoms with Crippen molar-refractivity contribution in [3.8, 4) is 11.5 Å². The molecule has 204 valence electrons. The lowest BCUT2D eigenvalue weighted by atomic mass is 9.98. The van der Waals surface area contributed by atoms with Gasteiger partial charge in [0.25, 0.3) is 0 Å². The van der Waals surface area contributed by atoms with Crippen molar-refractivity contribution in [3.05, 3.63) is 64.1 Å². The van der Waals surface area contributed by atoms with Crippen LogP contribution in [0, 0.1) is 5.41 Å². The number of thiophene rings is 1. The first kappa shape index (κ1) is 29.7. The number of nitrogens with one attached hydrogen (secondary N) is 1. The number of carbonyl (C=O) groups excluding carboxylic acids is 2. The Morgan fingerprint density at radius 1 is 1.16 bits per heavy atom. The van der Waals surface area contributed by atoms with Gasteiger partial charge in [-0.15, -0.1) is 11.3 Å². The zero-order valence-corrected chi connectivity index (χ0v) is 24.5. The molecule has 1 aromatic heterocycles. The minimum absolute atomic E-state index is 0.479. The summed E-state index contributed by atoms with van der Waals surface area (Å²) in [7, 11) is -0.664. The number of esters is 1. The molecule has 0 spiro atoms. The zero-order chi connectivity index (χ0) is 28.1. The molecule has 0 radical (unpaired) electrons. The van der Waals surface area contributed by atoms with Crippen LogP contribution in [0.1, 0.15) is 37.6 Å². The standard InChI is InChI=1S/C27H31ClNO7PS/c1-27(2,3)26(31)35-16-36-37(6,32)24(20-15-38-22-11-10-18(28)14-19(20)22)25(30)29-13-12-17-8-7-9-21(33-4)23(17)34-5/h7-15,24H,16H2,1-6H3,(H,29,30). The molecule has 0 aliphatic rings. The Labute approximate surface area is 231 Å². The maximum atomic E-state index is 13.9. The van der Waals surface area contributed by atoms with Crippen molar-refractivity contribution in [1.29, 1.82) is 0 Å². The number of rotatable bonds is 10. The minimum Gasteiger partial charge on any atom is -0.493 e. The van der Waals surface area contributed by atoms with Gasteiger partial charge >= 0.3 is 5.97 Å². The lowest BCUT2D eigenvalue weighted by Crippen LogP contribution is -2.27. The number of benzene rings is 2. The van der Waals surface area contributed by atoms with Crippen LogP contribution in [-0.2, 0) is 23.4 Å². The van der Waals surface area contributed by atoms with E-state index in [2.05, 4.69) is 5.32 Å². The highest BCUT2D eigenvalue weighted by molar-refractivity contribution is 7.59.